The number of para-hydroxylation sites is 2. The maximum absolute atomic E-state index is 12.8. The Morgan fingerprint density at radius 3 is 2.73 bits per heavy atom. The maximum Gasteiger partial charge on any atom is 0.271 e. The molecule has 1 aliphatic rings. The number of hydrogen-bond donors (Lipinski definition) is 2. The molecule has 1 atom stereocenters. The Morgan fingerprint density at radius 2 is 2.00 bits per heavy atom. The van der Waals surface area contributed by atoms with Gasteiger partial charge in [0.2, 0.25) is 5.91 Å². The van der Waals surface area contributed by atoms with Crippen LogP contribution in [0.1, 0.15) is 29.8 Å². The molecule has 2 amide bonds. The van der Waals surface area contributed by atoms with Gasteiger partial charge in [-0.05, 0) is 31.4 Å². The fraction of sp³-hybridized carbons (Fsp3) is 0.444. The lowest BCUT2D eigenvalue weighted by atomic mass is 10.1. The van der Waals surface area contributed by atoms with E-state index in [2.05, 4.69) is 15.3 Å². The molecule has 0 unspecified atom stereocenters. The van der Waals surface area contributed by atoms with E-state index in [0.29, 0.717) is 31.3 Å². The number of fused-ring (bicyclic) bond motifs is 1. The zero-order valence-electron chi connectivity index (χ0n) is 14.4. The number of nitrogens with two attached hydrogens (primary N) is 1. The van der Waals surface area contributed by atoms with Gasteiger partial charge in [0.1, 0.15) is 11.9 Å². The predicted octanol–water partition coefficient (Wildman–Crippen LogP) is 1.04. The van der Waals surface area contributed by atoms with Gasteiger partial charge in [0.25, 0.3) is 5.91 Å². The van der Waals surface area contributed by atoms with Crippen LogP contribution in [-0.4, -0.2) is 58.5 Å². The van der Waals surface area contributed by atoms with Gasteiger partial charge in [0.15, 0.2) is 0 Å². The summed E-state index contributed by atoms with van der Waals surface area (Å²) in [5, 5.41) is 2.79. The lowest BCUT2D eigenvalue weighted by Crippen LogP contribution is -2.56. The van der Waals surface area contributed by atoms with Gasteiger partial charge in [-0.15, -0.1) is 0 Å². The van der Waals surface area contributed by atoms with Crippen molar-refractivity contribution < 1.29 is 14.0 Å². The summed E-state index contributed by atoms with van der Waals surface area (Å²) in [6, 6.07) is 6.74. The molecule has 26 heavy (non-hydrogen) atoms. The van der Waals surface area contributed by atoms with E-state index < -0.39 is 12.2 Å². The second kappa shape index (κ2) is 8.18. The molecule has 3 N–H and O–H groups in total. The summed E-state index contributed by atoms with van der Waals surface area (Å²) >= 11 is 0. The zero-order valence-corrected chi connectivity index (χ0v) is 14.4. The van der Waals surface area contributed by atoms with Crippen LogP contribution >= 0.6 is 0 Å². The van der Waals surface area contributed by atoms with Gasteiger partial charge in [0.05, 0.1) is 36.4 Å². The number of amides is 2. The van der Waals surface area contributed by atoms with E-state index in [9.17, 15) is 14.0 Å². The number of benzene rings is 1. The lowest BCUT2D eigenvalue weighted by Gasteiger charge is -2.36. The summed E-state index contributed by atoms with van der Waals surface area (Å²) in [6.07, 6.45) is 2.44. The third kappa shape index (κ3) is 4.32. The van der Waals surface area contributed by atoms with E-state index >= 15 is 0 Å². The molecule has 0 spiro atoms. The standard InChI is InChI=1S/C18H22FN5O2/c19-12-10-24(11-12)18(26)13(20)5-3-4-8-21-17(25)16-9-22-14-6-1-2-7-15(14)23-16/h1-2,6-7,9,12-13H,3-5,8,10-11,20H2,(H,21,25)/t13-/m0/s1. The van der Waals surface area contributed by atoms with Gasteiger partial charge in [-0.2, -0.15) is 0 Å². The van der Waals surface area contributed by atoms with Crippen molar-refractivity contribution in [1.29, 1.82) is 0 Å². The topological polar surface area (TPSA) is 101 Å². The normalized spacial score (nSPS) is 15.5. The lowest BCUT2D eigenvalue weighted by molar-refractivity contribution is -0.139. The molecular weight excluding hydrogens is 337 g/mol. The Hall–Kier alpha value is -2.61. The van der Waals surface area contributed by atoms with Crippen LogP contribution in [0.5, 0.6) is 0 Å². The smallest absolute Gasteiger partial charge is 0.271 e. The van der Waals surface area contributed by atoms with Crippen LogP contribution < -0.4 is 11.1 Å². The van der Waals surface area contributed by atoms with Gasteiger partial charge in [-0.25, -0.2) is 9.37 Å². The fourth-order valence-electron chi connectivity index (χ4n) is 2.81. The third-order valence-corrected chi connectivity index (χ3v) is 4.37. The van der Waals surface area contributed by atoms with Crippen LogP contribution in [0, 0.1) is 0 Å². The predicted molar refractivity (Wildman–Crippen MR) is 95.2 cm³/mol. The summed E-state index contributed by atoms with van der Waals surface area (Å²) in [6.45, 7) is 0.759. The molecule has 1 aromatic carbocycles. The average molecular weight is 359 g/mol. The van der Waals surface area contributed by atoms with E-state index in [0.717, 1.165) is 5.52 Å². The Morgan fingerprint density at radius 1 is 1.27 bits per heavy atom. The Kier molecular flexibility index (Phi) is 5.72. The minimum atomic E-state index is -0.917. The molecule has 8 heteroatoms. The van der Waals surface area contributed by atoms with Crippen molar-refractivity contribution in [3.8, 4) is 0 Å². The van der Waals surface area contributed by atoms with Crippen LogP contribution in [0.15, 0.2) is 30.5 Å². The highest BCUT2D eigenvalue weighted by atomic mass is 19.1. The molecule has 1 saturated heterocycles. The number of unbranched alkanes of at least 4 members (excludes halogenated alkanes) is 1. The summed E-state index contributed by atoms with van der Waals surface area (Å²) in [5.74, 6) is -0.479. The average Bonchev–Trinajstić information content (AvgIpc) is 2.63. The van der Waals surface area contributed by atoms with Crippen molar-refractivity contribution in [2.75, 3.05) is 19.6 Å². The first kappa shape index (κ1) is 18.2. The van der Waals surface area contributed by atoms with E-state index in [1.165, 1.54) is 11.1 Å². The molecule has 1 fully saturated rings. The van der Waals surface area contributed by atoms with E-state index in [4.69, 9.17) is 5.73 Å². The first-order chi connectivity index (χ1) is 12.5. The second-order valence-electron chi connectivity index (χ2n) is 6.44. The molecular formula is C18H22FN5O2. The number of rotatable bonds is 7. The van der Waals surface area contributed by atoms with Crippen molar-refractivity contribution >= 4 is 22.8 Å². The number of nitrogens with one attached hydrogen (secondary N) is 1. The highest BCUT2D eigenvalue weighted by Crippen LogP contribution is 2.14. The molecule has 3 rings (SSSR count). The number of likely N-dealkylation sites (tertiary alicyclic amines) is 1. The van der Waals surface area contributed by atoms with Crippen molar-refractivity contribution in [2.24, 2.45) is 5.73 Å². The maximum atomic E-state index is 12.8. The Labute approximate surface area is 150 Å². The first-order valence-corrected chi connectivity index (χ1v) is 8.73. The monoisotopic (exact) mass is 359 g/mol. The van der Waals surface area contributed by atoms with Crippen molar-refractivity contribution in [2.45, 2.75) is 31.5 Å². The molecule has 0 bridgehead atoms. The van der Waals surface area contributed by atoms with Crippen LogP contribution in [0.4, 0.5) is 4.39 Å². The number of aromatic nitrogens is 2. The van der Waals surface area contributed by atoms with Gasteiger partial charge in [0, 0.05) is 6.54 Å². The summed E-state index contributed by atoms with van der Waals surface area (Å²) in [5.41, 5.74) is 7.52. The van der Waals surface area contributed by atoms with Gasteiger partial charge in [-0.1, -0.05) is 12.1 Å². The number of nitrogens with zero attached hydrogens (tertiary/aromatic N) is 3. The van der Waals surface area contributed by atoms with E-state index in [1.807, 2.05) is 18.2 Å². The molecule has 7 nitrogen and oxygen atoms in total. The SMILES string of the molecule is N[C@@H](CCCCNC(=O)c1cnc2ccccc2n1)C(=O)N1CC(F)C1. The van der Waals surface area contributed by atoms with E-state index in [1.54, 1.807) is 6.07 Å². The Balaban J connectivity index is 1.37. The second-order valence-corrected chi connectivity index (χ2v) is 6.44. The molecule has 138 valence electrons. The Bertz CT molecular complexity index is 794. The largest absolute Gasteiger partial charge is 0.351 e. The van der Waals surface area contributed by atoms with Crippen molar-refractivity contribution in [3.05, 3.63) is 36.2 Å². The van der Waals surface area contributed by atoms with Crippen LogP contribution in [0.2, 0.25) is 0 Å². The van der Waals surface area contributed by atoms with Crippen molar-refractivity contribution in [3.63, 3.8) is 0 Å². The number of hydrogen-bond acceptors (Lipinski definition) is 5. The minimum Gasteiger partial charge on any atom is -0.351 e. The molecule has 0 saturated carbocycles. The van der Waals surface area contributed by atoms with Gasteiger partial charge >= 0.3 is 0 Å². The van der Waals surface area contributed by atoms with E-state index in [-0.39, 0.29) is 30.6 Å². The van der Waals surface area contributed by atoms with Gasteiger partial charge in [-0.3, -0.25) is 14.6 Å². The molecule has 0 aliphatic carbocycles. The number of carbonyl (C=O) groups excluding carboxylic acids is 2. The van der Waals surface area contributed by atoms with Crippen molar-refractivity contribution in [1.82, 2.24) is 20.2 Å². The molecule has 0 radical (unpaired) electrons. The van der Waals surface area contributed by atoms with Crippen LogP contribution in [0.3, 0.4) is 0 Å². The molecule has 1 aliphatic heterocycles. The fourth-order valence-corrected chi connectivity index (χ4v) is 2.81. The highest BCUT2D eigenvalue weighted by Gasteiger charge is 2.32. The third-order valence-electron chi connectivity index (χ3n) is 4.37. The number of halogens is 1. The zero-order chi connectivity index (χ0) is 18.5. The number of carbonyl (C=O) groups is 2. The van der Waals surface area contributed by atoms with Crippen LogP contribution in [0.25, 0.3) is 11.0 Å². The summed E-state index contributed by atoms with van der Waals surface area (Å²) in [4.78, 5) is 34.0. The molecule has 1 aromatic heterocycles. The number of alkyl halides is 1. The minimum absolute atomic E-state index is 0.148. The molecule has 2 aromatic rings. The highest BCUT2D eigenvalue weighted by molar-refractivity contribution is 5.93. The van der Waals surface area contributed by atoms with Crippen LogP contribution in [-0.2, 0) is 4.79 Å². The quantitative estimate of drug-likeness (QED) is 0.719. The molecule has 2 heterocycles. The van der Waals surface area contributed by atoms with Gasteiger partial charge < -0.3 is 16.0 Å². The summed E-state index contributed by atoms with van der Waals surface area (Å²) < 4.78 is 12.8. The first-order valence-electron chi connectivity index (χ1n) is 8.73. The summed E-state index contributed by atoms with van der Waals surface area (Å²) in [7, 11) is 0.